The summed E-state index contributed by atoms with van der Waals surface area (Å²) in [7, 11) is 0. The van der Waals surface area contributed by atoms with E-state index in [1.54, 1.807) is 12.4 Å². The molecule has 14 heavy (non-hydrogen) atoms. The van der Waals surface area contributed by atoms with Gasteiger partial charge in [-0.1, -0.05) is 13.3 Å². The van der Waals surface area contributed by atoms with Crippen LogP contribution in [0.1, 0.15) is 25.5 Å². The van der Waals surface area contributed by atoms with E-state index in [0.29, 0.717) is 6.54 Å². The van der Waals surface area contributed by atoms with Crippen molar-refractivity contribution in [3.05, 3.63) is 18.1 Å². The number of anilines is 1. The largest absolute Gasteiger partial charge is 0.391 e. The van der Waals surface area contributed by atoms with Crippen molar-refractivity contribution in [3.63, 3.8) is 0 Å². The van der Waals surface area contributed by atoms with Crippen molar-refractivity contribution in [3.8, 4) is 0 Å². The second kappa shape index (κ2) is 5.54. The molecule has 1 aromatic heterocycles. The lowest BCUT2D eigenvalue weighted by Gasteiger charge is -2.11. The molecule has 0 radical (unpaired) electrons. The van der Waals surface area contributed by atoms with Crippen LogP contribution in [0.4, 0.5) is 5.82 Å². The quantitative estimate of drug-likeness (QED) is 0.744. The van der Waals surface area contributed by atoms with Crippen LogP contribution in [0.2, 0.25) is 0 Å². The highest BCUT2D eigenvalue weighted by atomic mass is 16.3. The van der Waals surface area contributed by atoms with E-state index in [-0.39, 0.29) is 6.10 Å². The van der Waals surface area contributed by atoms with Gasteiger partial charge in [-0.25, -0.2) is 4.98 Å². The molecule has 4 nitrogen and oxygen atoms in total. The number of nitrogens with zero attached hydrogens (tertiary/aromatic N) is 2. The van der Waals surface area contributed by atoms with E-state index in [4.69, 9.17) is 0 Å². The predicted molar refractivity (Wildman–Crippen MR) is 56.2 cm³/mol. The molecule has 0 aliphatic carbocycles. The minimum Gasteiger partial charge on any atom is -0.391 e. The smallest absolute Gasteiger partial charge is 0.147 e. The first kappa shape index (κ1) is 10.9. The number of nitrogens with one attached hydrogen (secondary N) is 1. The average Bonchev–Trinajstić information content (AvgIpc) is 2.17. The Bertz CT molecular complexity index is 278. The molecular formula is C10H17N3O. The third-order valence-corrected chi connectivity index (χ3v) is 2.01. The van der Waals surface area contributed by atoms with Crippen LogP contribution in [0, 0.1) is 6.92 Å². The highest BCUT2D eigenvalue weighted by molar-refractivity contribution is 5.38. The maximum absolute atomic E-state index is 9.49. The summed E-state index contributed by atoms with van der Waals surface area (Å²) < 4.78 is 0. The lowest BCUT2D eigenvalue weighted by atomic mass is 10.2. The summed E-state index contributed by atoms with van der Waals surface area (Å²) in [5.74, 6) is 0.752. The van der Waals surface area contributed by atoms with Crippen molar-refractivity contribution < 1.29 is 5.11 Å². The SMILES string of the molecule is CCCC(O)CNc1nccnc1C. The molecule has 2 N–H and O–H groups in total. The summed E-state index contributed by atoms with van der Waals surface area (Å²) in [4.78, 5) is 8.22. The maximum atomic E-state index is 9.49. The van der Waals surface area contributed by atoms with Crippen molar-refractivity contribution in [2.24, 2.45) is 0 Å². The molecule has 0 aromatic carbocycles. The number of hydrogen-bond donors (Lipinski definition) is 2. The zero-order valence-electron chi connectivity index (χ0n) is 8.70. The summed E-state index contributed by atoms with van der Waals surface area (Å²) in [6, 6.07) is 0. The number of aryl methyl sites for hydroxylation is 1. The fraction of sp³-hybridized carbons (Fsp3) is 0.600. The van der Waals surface area contributed by atoms with E-state index < -0.39 is 0 Å². The number of aliphatic hydroxyl groups is 1. The molecule has 0 aliphatic heterocycles. The summed E-state index contributed by atoms with van der Waals surface area (Å²) in [5, 5.41) is 12.6. The van der Waals surface area contributed by atoms with Gasteiger partial charge < -0.3 is 10.4 Å². The molecule has 0 saturated heterocycles. The lowest BCUT2D eigenvalue weighted by Crippen LogP contribution is -2.20. The van der Waals surface area contributed by atoms with Gasteiger partial charge in [0.25, 0.3) is 0 Å². The van der Waals surface area contributed by atoms with Gasteiger partial charge in [-0.3, -0.25) is 4.98 Å². The van der Waals surface area contributed by atoms with Gasteiger partial charge in [0.05, 0.1) is 11.8 Å². The van der Waals surface area contributed by atoms with Crippen LogP contribution in [0.25, 0.3) is 0 Å². The second-order valence-electron chi connectivity index (χ2n) is 3.31. The Kier molecular flexibility index (Phi) is 4.32. The van der Waals surface area contributed by atoms with E-state index >= 15 is 0 Å². The molecule has 0 aliphatic rings. The van der Waals surface area contributed by atoms with Crippen molar-refractivity contribution >= 4 is 5.82 Å². The van der Waals surface area contributed by atoms with Crippen LogP contribution in [-0.4, -0.2) is 27.7 Å². The predicted octanol–water partition coefficient (Wildman–Crippen LogP) is 1.36. The lowest BCUT2D eigenvalue weighted by molar-refractivity contribution is 0.176. The Hall–Kier alpha value is -1.16. The van der Waals surface area contributed by atoms with Gasteiger partial charge in [0.15, 0.2) is 0 Å². The number of hydrogen-bond acceptors (Lipinski definition) is 4. The van der Waals surface area contributed by atoms with Crippen LogP contribution in [-0.2, 0) is 0 Å². The summed E-state index contributed by atoms with van der Waals surface area (Å²) >= 11 is 0. The molecule has 1 unspecified atom stereocenters. The van der Waals surface area contributed by atoms with Crippen molar-refractivity contribution in [1.82, 2.24) is 9.97 Å². The van der Waals surface area contributed by atoms with Gasteiger partial charge in [-0.15, -0.1) is 0 Å². The average molecular weight is 195 g/mol. The van der Waals surface area contributed by atoms with Gasteiger partial charge in [-0.05, 0) is 13.3 Å². The fourth-order valence-corrected chi connectivity index (χ4v) is 1.23. The fourth-order valence-electron chi connectivity index (χ4n) is 1.23. The van der Waals surface area contributed by atoms with Crippen LogP contribution in [0.5, 0.6) is 0 Å². The molecule has 1 rings (SSSR count). The first-order valence-electron chi connectivity index (χ1n) is 4.93. The van der Waals surface area contributed by atoms with Gasteiger partial charge in [0, 0.05) is 18.9 Å². The molecule has 1 heterocycles. The Morgan fingerprint density at radius 1 is 1.43 bits per heavy atom. The molecule has 0 fully saturated rings. The first-order valence-corrected chi connectivity index (χ1v) is 4.93. The van der Waals surface area contributed by atoms with Gasteiger partial charge in [0.1, 0.15) is 5.82 Å². The molecule has 0 bridgehead atoms. The van der Waals surface area contributed by atoms with E-state index in [2.05, 4.69) is 22.2 Å². The molecule has 4 heteroatoms. The number of aromatic nitrogens is 2. The Labute approximate surface area is 84.4 Å². The Morgan fingerprint density at radius 3 is 2.79 bits per heavy atom. The Balaban J connectivity index is 2.41. The molecule has 0 amide bonds. The van der Waals surface area contributed by atoms with Crippen LogP contribution >= 0.6 is 0 Å². The highest BCUT2D eigenvalue weighted by Gasteiger charge is 2.04. The zero-order chi connectivity index (χ0) is 10.4. The zero-order valence-corrected chi connectivity index (χ0v) is 8.70. The molecule has 0 saturated carbocycles. The van der Waals surface area contributed by atoms with Crippen LogP contribution in [0.3, 0.4) is 0 Å². The number of rotatable bonds is 5. The summed E-state index contributed by atoms with van der Waals surface area (Å²) in [6.07, 6.45) is 4.79. The molecule has 1 atom stereocenters. The monoisotopic (exact) mass is 195 g/mol. The van der Waals surface area contributed by atoms with Crippen molar-refractivity contribution in [1.29, 1.82) is 0 Å². The van der Waals surface area contributed by atoms with E-state index in [0.717, 1.165) is 24.4 Å². The minimum absolute atomic E-state index is 0.304. The summed E-state index contributed by atoms with van der Waals surface area (Å²) in [5.41, 5.74) is 0.858. The van der Waals surface area contributed by atoms with E-state index in [9.17, 15) is 5.11 Å². The number of aliphatic hydroxyl groups excluding tert-OH is 1. The third kappa shape index (κ3) is 3.30. The van der Waals surface area contributed by atoms with Gasteiger partial charge in [-0.2, -0.15) is 0 Å². The van der Waals surface area contributed by atoms with E-state index in [1.165, 1.54) is 0 Å². The van der Waals surface area contributed by atoms with E-state index in [1.807, 2.05) is 6.92 Å². The topological polar surface area (TPSA) is 58.0 Å². The van der Waals surface area contributed by atoms with Crippen molar-refractivity contribution in [2.75, 3.05) is 11.9 Å². The Morgan fingerprint density at radius 2 is 2.14 bits per heavy atom. The molecule has 0 spiro atoms. The standard InChI is InChI=1S/C10H17N3O/c1-3-4-9(14)7-13-10-8(2)11-5-6-12-10/h5-6,9,14H,3-4,7H2,1-2H3,(H,12,13). The molecule has 1 aromatic rings. The van der Waals surface area contributed by atoms with Gasteiger partial charge in [0.2, 0.25) is 0 Å². The third-order valence-electron chi connectivity index (χ3n) is 2.01. The molecule has 78 valence electrons. The van der Waals surface area contributed by atoms with Crippen LogP contribution < -0.4 is 5.32 Å². The summed E-state index contributed by atoms with van der Waals surface area (Å²) in [6.45, 7) is 4.48. The van der Waals surface area contributed by atoms with Crippen molar-refractivity contribution in [2.45, 2.75) is 32.8 Å². The van der Waals surface area contributed by atoms with Gasteiger partial charge >= 0.3 is 0 Å². The maximum Gasteiger partial charge on any atom is 0.147 e. The van der Waals surface area contributed by atoms with Crippen LogP contribution in [0.15, 0.2) is 12.4 Å². The first-order chi connectivity index (χ1) is 6.74. The normalized spacial score (nSPS) is 12.5. The molecular weight excluding hydrogens is 178 g/mol. The minimum atomic E-state index is -0.304. The highest BCUT2D eigenvalue weighted by Crippen LogP contribution is 2.06. The second-order valence-corrected chi connectivity index (χ2v) is 3.31.